The van der Waals surface area contributed by atoms with Crippen LogP contribution in [0.1, 0.15) is 32.6 Å². The van der Waals surface area contributed by atoms with Crippen molar-refractivity contribution in [1.82, 2.24) is 9.13 Å². The third-order valence-electron chi connectivity index (χ3n) is 3.08. The third-order valence-corrected chi connectivity index (χ3v) is 3.08. The van der Waals surface area contributed by atoms with Crippen molar-refractivity contribution in [3.63, 3.8) is 0 Å². The molecule has 0 spiro atoms. The standard InChI is InChI=1S/C14H22N4O2/c1-4-6-7-8-9-16-11-12(15)18(10-5-2)14(20)17(3)13(11)19/h1,16H,5-10,15H2,2-3H3. The normalized spacial score (nSPS) is 10.2. The van der Waals surface area contributed by atoms with E-state index in [0.717, 1.165) is 23.8 Å². The number of hydrogen-bond donors (Lipinski definition) is 2. The van der Waals surface area contributed by atoms with Crippen LogP contribution < -0.4 is 22.3 Å². The van der Waals surface area contributed by atoms with E-state index >= 15 is 0 Å². The topological polar surface area (TPSA) is 82.0 Å². The van der Waals surface area contributed by atoms with Gasteiger partial charge < -0.3 is 11.1 Å². The van der Waals surface area contributed by atoms with Gasteiger partial charge in [0.1, 0.15) is 11.5 Å². The summed E-state index contributed by atoms with van der Waals surface area (Å²) in [7, 11) is 1.46. The molecule has 1 aromatic heterocycles. The number of unbranched alkanes of at least 4 members (excludes halogenated alkanes) is 2. The Balaban J connectivity index is 2.99. The molecule has 0 saturated heterocycles. The average molecular weight is 278 g/mol. The lowest BCUT2D eigenvalue weighted by atomic mass is 10.2. The summed E-state index contributed by atoms with van der Waals surface area (Å²) in [5.74, 6) is 2.77. The van der Waals surface area contributed by atoms with Crippen LogP contribution in [0.5, 0.6) is 0 Å². The highest BCUT2D eigenvalue weighted by molar-refractivity contribution is 5.60. The van der Waals surface area contributed by atoms with E-state index in [1.807, 2.05) is 6.92 Å². The van der Waals surface area contributed by atoms with Gasteiger partial charge >= 0.3 is 5.69 Å². The van der Waals surface area contributed by atoms with E-state index < -0.39 is 5.56 Å². The molecule has 6 nitrogen and oxygen atoms in total. The quantitative estimate of drug-likeness (QED) is 0.570. The van der Waals surface area contributed by atoms with Crippen molar-refractivity contribution in [1.29, 1.82) is 0 Å². The molecular weight excluding hydrogens is 256 g/mol. The molecule has 110 valence electrons. The van der Waals surface area contributed by atoms with E-state index in [9.17, 15) is 9.59 Å². The van der Waals surface area contributed by atoms with Crippen LogP contribution in [0.4, 0.5) is 11.5 Å². The third kappa shape index (κ3) is 3.44. The zero-order chi connectivity index (χ0) is 15.1. The first kappa shape index (κ1) is 15.9. The summed E-state index contributed by atoms with van der Waals surface area (Å²) in [5.41, 5.74) is 5.45. The summed E-state index contributed by atoms with van der Waals surface area (Å²) in [4.78, 5) is 24.0. The second-order valence-corrected chi connectivity index (χ2v) is 4.65. The van der Waals surface area contributed by atoms with Crippen molar-refractivity contribution in [3.05, 3.63) is 20.8 Å². The first-order valence-electron chi connectivity index (χ1n) is 6.81. The zero-order valence-electron chi connectivity index (χ0n) is 12.1. The monoisotopic (exact) mass is 278 g/mol. The van der Waals surface area contributed by atoms with E-state index in [1.54, 1.807) is 0 Å². The van der Waals surface area contributed by atoms with Crippen LogP contribution >= 0.6 is 0 Å². The van der Waals surface area contributed by atoms with Crippen LogP contribution in [0.25, 0.3) is 0 Å². The second-order valence-electron chi connectivity index (χ2n) is 4.65. The molecule has 0 unspecified atom stereocenters. The molecule has 0 radical (unpaired) electrons. The Kier molecular flexibility index (Phi) is 5.91. The summed E-state index contributed by atoms with van der Waals surface area (Å²) in [6, 6.07) is 0. The minimum absolute atomic E-state index is 0.205. The molecule has 0 aliphatic heterocycles. The van der Waals surface area contributed by atoms with Gasteiger partial charge in [-0.25, -0.2) is 4.79 Å². The number of rotatable bonds is 7. The highest BCUT2D eigenvalue weighted by Gasteiger charge is 2.14. The second kappa shape index (κ2) is 7.43. The number of hydrogen-bond acceptors (Lipinski definition) is 4. The molecule has 1 heterocycles. The molecule has 0 aromatic carbocycles. The summed E-state index contributed by atoms with van der Waals surface area (Å²) >= 11 is 0. The fraction of sp³-hybridized carbons (Fsp3) is 0.571. The maximum atomic E-state index is 12.1. The molecule has 3 N–H and O–H groups in total. The Hall–Kier alpha value is -2.16. The minimum Gasteiger partial charge on any atom is -0.383 e. The summed E-state index contributed by atoms with van der Waals surface area (Å²) in [5, 5.41) is 3.02. The Labute approximate surface area is 118 Å². The molecule has 1 rings (SSSR count). The van der Waals surface area contributed by atoms with Gasteiger partial charge in [0.2, 0.25) is 0 Å². The van der Waals surface area contributed by atoms with E-state index in [4.69, 9.17) is 12.2 Å². The molecule has 1 aromatic rings. The number of nitrogens with two attached hydrogens (primary N) is 1. The number of nitrogen functional groups attached to an aromatic ring is 1. The van der Waals surface area contributed by atoms with Crippen molar-refractivity contribution in [2.24, 2.45) is 7.05 Å². The van der Waals surface area contributed by atoms with Crippen LogP contribution in [0.3, 0.4) is 0 Å². The largest absolute Gasteiger partial charge is 0.383 e. The van der Waals surface area contributed by atoms with Crippen molar-refractivity contribution >= 4 is 11.5 Å². The summed E-state index contributed by atoms with van der Waals surface area (Å²) < 4.78 is 2.50. The van der Waals surface area contributed by atoms with Gasteiger partial charge in [-0.3, -0.25) is 13.9 Å². The first-order chi connectivity index (χ1) is 9.54. The van der Waals surface area contributed by atoms with Gasteiger partial charge in [0, 0.05) is 26.6 Å². The number of terminal acetylenes is 1. The van der Waals surface area contributed by atoms with Gasteiger partial charge in [0.15, 0.2) is 0 Å². The Bertz CT molecular complexity index is 607. The smallest absolute Gasteiger partial charge is 0.332 e. The van der Waals surface area contributed by atoms with Crippen molar-refractivity contribution in [2.45, 2.75) is 39.2 Å². The Morgan fingerprint density at radius 2 is 2.05 bits per heavy atom. The van der Waals surface area contributed by atoms with Gasteiger partial charge in [-0.2, -0.15) is 0 Å². The number of nitrogens with one attached hydrogen (secondary N) is 1. The summed E-state index contributed by atoms with van der Waals surface area (Å²) in [6.07, 6.45) is 8.39. The van der Waals surface area contributed by atoms with Crippen LogP contribution in [0.15, 0.2) is 9.59 Å². The number of aromatic nitrogens is 2. The maximum Gasteiger partial charge on any atom is 0.332 e. The van der Waals surface area contributed by atoms with Gasteiger partial charge in [0.05, 0.1) is 0 Å². The predicted octanol–water partition coefficient (Wildman–Crippen LogP) is 0.755. The molecule has 0 aliphatic rings. The van der Waals surface area contributed by atoms with Crippen LogP contribution in [-0.4, -0.2) is 15.7 Å². The number of nitrogens with zero attached hydrogens (tertiary/aromatic N) is 2. The molecule has 0 bridgehead atoms. The Morgan fingerprint density at radius 1 is 1.35 bits per heavy atom. The Morgan fingerprint density at radius 3 is 2.65 bits per heavy atom. The lowest BCUT2D eigenvalue weighted by Crippen LogP contribution is -2.40. The first-order valence-corrected chi connectivity index (χ1v) is 6.81. The molecule has 0 aliphatic carbocycles. The molecule has 0 saturated carbocycles. The highest BCUT2D eigenvalue weighted by atomic mass is 16.2. The van der Waals surface area contributed by atoms with Gasteiger partial charge in [-0.15, -0.1) is 12.3 Å². The minimum atomic E-state index is -0.392. The molecule has 0 amide bonds. The molecule has 0 fully saturated rings. The average Bonchev–Trinajstić information content (AvgIpc) is 2.44. The lowest BCUT2D eigenvalue weighted by Gasteiger charge is -2.15. The maximum absolute atomic E-state index is 12.1. The van der Waals surface area contributed by atoms with Crippen molar-refractivity contribution in [3.8, 4) is 12.3 Å². The van der Waals surface area contributed by atoms with Crippen LogP contribution in [0.2, 0.25) is 0 Å². The molecule has 0 atom stereocenters. The zero-order valence-corrected chi connectivity index (χ0v) is 12.1. The molecule has 20 heavy (non-hydrogen) atoms. The molecule has 6 heteroatoms. The van der Waals surface area contributed by atoms with Crippen LogP contribution in [0, 0.1) is 12.3 Å². The van der Waals surface area contributed by atoms with E-state index in [0.29, 0.717) is 25.2 Å². The van der Waals surface area contributed by atoms with E-state index in [-0.39, 0.29) is 11.5 Å². The predicted molar refractivity (Wildman–Crippen MR) is 81.8 cm³/mol. The van der Waals surface area contributed by atoms with Gasteiger partial charge in [-0.1, -0.05) is 6.92 Å². The van der Waals surface area contributed by atoms with Crippen molar-refractivity contribution < 1.29 is 0 Å². The summed E-state index contributed by atoms with van der Waals surface area (Å²) in [6.45, 7) is 3.04. The number of anilines is 2. The molecular formula is C14H22N4O2. The van der Waals surface area contributed by atoms with E-state index in [1.165, 1.54) is 11.6 Å². The van der Waals surface area contributed by atoms with Gasteiger partial charge in [-0.05, 0) is 19.3 Å². The van der Waals surface area contributed by atoms with E-state index in [2.05, 4.69) is 11.2 Å². The van der Waals surface area contributed by atoms with Crippen molar-refractivity contribution in [2.75, 3.05) is 17.6 Å². The highest BCUT2D eigenvalue weighted by Crippen LogP contribution is 2.11. The fourth-order valence-corrected chi connectivity index (χ4v) is 1.95. The lowest BCUT2D eigenvalue weighted by molar-refractivity contribution is 0.600. The SMILES string of the molecule is C#CCCCCNc1c(N)n(CCC)c(=O)n(C)c1=O. The fourth-order valence-electron chi connectivity index (χ4n) is 1.95. The van der Waals surface area contributed by atoms with Crippen LogP contribution in [-0.2, 0) is 13.6 Å². The van der Waals surface area contributed by atoms with Gasteiger partial charge in [0.25, 0.3) is 5.56 Å².